The largest absolute Gasteiger partial charge is 0.371 e. The number of benzene rings is 3. The molecule has 4 rings (SSSR count). The van der Waals surface area contributed by atoms with Crippen LogP contribution in [0, 0.1) is 0 Å². The van der Waals surface area contributed by atoms with Crippen molar-refractivity contribution in [1.29, 1.82) is 0 Å². The van der Waals surface area contributed by atoms with E-state index in [0.717, 1.165) is 47.8 Å². The zero-order valence-electron chi connectivity index (χ0n) is 16.8. The topological polar surface area (TPSA) is 52.6 Å². The number of likely N-dealkylation sites (tertiary alicyclic amines) is 1. The van der Waals surface area contributed by atoms with Crippen LogP contribution in [0.3, 0.4) is 0 Å². The van der Waals surface area contributed by atoms with E-state index in [1.807, 2.05) is 79.7 Å². The summed E-state index contributed by atoms with van der Waals surface area (Å²) in [6.45, 7) is 3.51. The van der Waals surface area contributed by atoms with Crippen LogP contribution < -0.4 is 5.32 Å². The Morgan fingerprint density at radius 1 is 1.00 bits per heavy atom. The molecule has 0 unspecified atom stereocenters. The number of nitrogens with one attached hydrogen (secondary N) is 1. The number of fused-ring (bicyclic) bond motifs is 1. The lowest BCUT2D eigenvalue weighted by Gasteiger charge is -2.43. The predicted molar refractivity (Wildman–Crippen MR) is 117 cm³/mol. The highest BCUT2D eigenvalue weighted by Gasteiger charge is 2.37. The first kappa shape index (κ1) is 19.6. The highest BCUT2D eigenvalue weighted by Crippen LogP contribution is 2.32. The van der Waals surface area contributed by atoms with E-state index in [1.165, 1.54) is 0 Å². The summed E-state index contributed by atoms with van der Waals surface area (Å²) < 4.78 is 0. The van der Waals surface area contributed by atoms with Crippen molar-refractivity contribution in [2.75, 3.05) is 13.1 Å². The molecule has 0 aliphatic carbocycles. The van der Waals surface area contributed by atoms with Gasteiger partial charge < -0.3 is 10.4 Å². The number of piperidine rings is 1. The third-order valence-corrected chi connectivity index (χ3v) is 6.12. The lowest BCUT2D eigenvalue weighted by atomic mass is 9.94. The molecule has 3 aromatic carbocycles. The normalized spacial score (nSPS) is 17.7. The molecule has 3 aromatic rings. The molecule has 0 spiro atoms. The first-order valence-corrected chi connectivity index (χ1v) is 10.4. The molecule has 29 heavy (non-hydrogen) atoms. The fraction of sp³-hybridized carbons (Fsp3) is 0.320. The minimum absolute atomic E-state index is 0.0194. The number of amides is 1. The van der Waals surface area contributed by atoms with Gasteiger partial charge in [0.25, 0.3) is 5.91 Å². The zero-order chi connectivity index (χ0) is 20.3. The van der Waals surface area contributed by atoms with E-state index in [2.05, 4.69) is 10.2 Å². The number of hydrogen-bond donors (Lipinski definition) is 2. The summed E-state index contributed by atoms with van der Waals surface area (Å²) in [6, 6.07) is 23.8. The van der Waals surface area contributed by atoms with Crippen molar-refractivity contribution in [2.24, 2.45) is 0 Å². The Morgan fingerprint density at radius 2 is 1.66 bits per heavy atom. The molecule has 1 amide bonds. The molecule has 0 radical (unpaired) electrons. The molecular formula is C25H28N2O2. The molecule has 1 aliphatic heterocycles. The molecule has 1 heterocycles. The van der Waals surface area contributed by atoms with Gasteiger partial charge in [0.2, 0.25) is 0 Å². The van der Waals surface area contributed by atoms with Gasteiger partial charge in [-0.15, -0.1) is 0 Å². The van der Waals surface area contributed by atoms with Crippen LogP contribution in [0.5, 0.6) is 0 Å². The second kappa shape index (κ2) is 8.36. The van der Waals surface area contributed by atoms with Gasteiger partial charge in [0, 0.05) is 24.7 Å². The van der Waals surface area contributed by atoms with Crippen LogP contribution in [-0.2, 0) is 5.72 Å². The lowest BCUT2D eigenvalue weighted by molar-refractivity contribution is -0.128. The molecule has 1 atom stereocenters. The first-order valence-electron chi connectivity index (χ1n) is 10.4. The Kier molecular flexibility index (Phi) is 5.65. The van der Waals surface area contributed by atoms with Crippen LogP contribution in [0.2, 0.25) is 0 Å². The van der Waals surface area contributed by atoms with Crippen molar-refractivity contribution in [3.05, 3.63) is 83.9 Å². The number of carbonyl (C=O) groups is 1. The Morgan fingerprint density at radius 3 is 2.38 bits per heavy atom. The summed E-state index contributed by atoms with van der Waals surface area (Å²) in [7, 11) is 0. The van der Waals surface area contributed by atoms with E-state index in [4.69, 9.17) is 0 Å². The Labute approximate surface area is 172 Å². The van der Waals surface area contributed by atoms with Gasteiger partial charge in [-0.05, 0) is 41.7 Å². The van der Waals surface area contributed by atoms with Gasteiger partial charge in [0.05, 0.1) is 0 Å². The van der Waals surface area contributed by atoms with Crippen LogP contribution in [0.25, 0.3) is 10.8 Å². The van der Waals surface area contributed by atoms with Gasteiger partial charge >= 0.3 is 0 Å². The van der Waals surface area contributed by atoms with Gasteiger partial charge in [0.15, 0.2) is 0 Å². The molecule has 4 heteroatoms. The third-order valence-electron chi connectivity index (χ3n) is 6.12. The molecule has 150 valence electrons. The van der Waals surface area contributed by atoms with Crippen molar-refractivity contribution in [3.8, 4) is 0 Å². The molecular weight excluding hydrogens is 360 g/mol. The quantitative estimate of drug-likeness (QED) is 0.686. The van der Waals surface area contributed by atoms with E-state index in [0.29, 0.717) is 6.42 Å². The second-order valence-electron chi connectivity index (χ2n) is 7.80. The van der Waals surface area contributed by atoms with Gasteiger partial charge in [0.1, 0.15) is 5.72 Å². The van der Waals surface area contributed by atoms with E-state index < -0.39 is 5.72 Å². The van der Waals surface area contributed by atoms with Crippen LogP contribution in [0.1, 0.15) is 42.1 Å². The molecule has 0 aromatic heterocycles. The van der Waals surface area contributed by atoms with Crippen molar-refractivity contribution in [1.82, 2.24) is 10.2 Å². The summed E-state index contributed by atoms with van der Waals surface area (Å²) in [6.07, 6.45) is 2.28. The van der Waals surface area contributed by atoms with E-state index in [9.17, 15) is 9.90 Å². The zero-order valence-corrected chi connectivity index (χ0v) is 16.8. The average molecular weight is 389 g/mol. The standard InChI is InChI=1S/C25H28N2O2/c1-2-25(29,20-11-4-3-5-12-20)27-17-15-21(16-18-27)26-24(28)23-14-8-10-19-9-6-7-13-22(19)23/h3-14,21,29H,2,15-18H2,1H3,(H,26,28)/t25-/m0/s1. The van der Waals surface area contributed by atoms with Crippen LogP contribution in [0.4, 0.5) is 0 Å². The van der Waals surface area contributed by atoms with Gasteiger partial charge in [-0.25, -0.2) is 0 Å². The summed E-state index contributed by atoms with van der Waals surface area (Å²) in [4.78, 5) is 15.1. The van der Waals surface area contributed by atoms with Crippen molar-refractivity contribution >= 4 is 16.7 Å². The summed E-state index contributed by atoms with van der Waals surface area (Å²) in [5.74, 6) is -0.0194. The molecule has 1 aliphatic rings. The number of nitrogens with zero attached hydrogens (tertiary/aromatic N) is 1. The fourth-order valence-corrected chi connectivity index (χ4v) is 4.40. The van der Waals surface area contributed by atoms with E-state index >= 15 is 0 Å². The highest BCUT2D eigenvalue weighted by molar-refractivity contribution is 6.07. The fourth-order valence-electron chi connectivity index (χ4n) is 4.40. The number of carbonyl (C=O) groups excluding carboxylic acids is 1. The van der Waals surface area contributed by atoms with Crippen molar-refractivity contribution < 1.29 is 9.90 Å². The number of rotatable bonds is 5. The van der Waals surface area contributed by atoms with Crippen LogP contribution in [-0.4, -0.2) is 35.0 Å². The molecule has 0 saturated carbocycles. The SMILES string of the molecule is CC[C@](O)(c1ccccc1)N1CCC(NC(=O)c2cccc3ccccc23)CC1. The smallest absolute Gasteiger partial charge is 0.252 e. The van der Waals surface area contributed by atoms with E-state index in [1.54, 1.807) is 0 Å². The van der Waals surface area contributed by atoms with E-state index in [-0.39, 0.29) is 11.9 Å². The summed E-state index contributed by atoms with van der Waals surface area (Å²) >= 11 is 0. The first-order chi connectivity index (χ1) is 14.1. The predicted octanol–water partition coefficient (Wildman–Crippen LogP) is 4.29. The Balaban J connectivity index is 1.43. The number of aliphatic hydroxyl groups is 1. The maximum absolute atomic E-state index is 12.9. The monoisotopic (exact) mass is 388 g/mol. The Bertz CT molecular complexity index is 975. The van der Waals surface area contributed by atoms with Crippen LogP contribution >= 0.6 is 0 Å². The van der Waals surface area contributed by atoms with Gasteiger partial charge in [-0.1, -0.05) is 73.7 Å². The molecule has 0 bridgehead atoms. The molecule has 1 fully saturated rings. The minimum Gasteiger partial charge on any atom is -0.371 e. The molecule has 1 saturated heterocycles. The third kappa shape index (κ3) is 3.91. The lowest BCUT2D eigenvalue weighted by Crippen LogP contribution is -2.53. The highest BCUT2D eigenvalue weighted by atomic mass is 16.3. The molecule has 2 N–H and O–H groups in total. The summed E-state index contributed by atoms with van der Waals surface area (Å²) in [5.41, 5.74) is 0.701. The molecule has 4 nitrogen and oxygen atoms in total. The second-order valence-corrected chi connectivity index (χ2v) is 7.80. The summed E-state index contributed by atoms with van der Waals surface area (Å²) in [5, 5.41) is 16.6. The average Bonchev–Trinajstić information content (AvgIpc) is 2.79. The van der Waals surface area contributed by atoms with Gasteiger partial charge in [-0.2, -0.15) is 0 Å². The maximum Gasteiger partial charge on any atom is 0.252 e. The van der Waals surface area contributed by atoms with Crippen molar-refractivity contribution in [3.63, 3.8) is 0 Å². The van der Waals surface area contributed by atoms with Gasteiger partial charge in [-0.3, -0.25) is 9.69 Å². The van der Waals surface area contributed by atoms with Crippen LogP contribution in [0.15, 0.2) is 72.8 Å². The Hall–Kier alpha value is -2.69. The number of hydrogen-bond acceptors (Lipinski definition) is 3. The maximum atomic E-state index is 12.9. The minimum atomic E-state index is -0.953. The van der Waals surface area contributed by atoms with Crippen molar-refractivity contribution in [2.45, 2.75) is 38.0 Å².